The molecular weight excluding hydrogens is 176 g/mol. The minimum absolute atomic E-state index is 0.600. The van der Waals surface area contributed by atoms with Crippen molar-refractivity contribution in [1.82, 2.24) is 19.7 Å². The third-order valence-electron chi connectivity index (χ3n) is 3.25. The molecule has 0 saturated carbocycles. The average Bonchev–Trinajstić information content (AvgIpc) is 2.70. The monoisotopic (exact) mass is 194 g/mol. The fourth-order valence-corrected chi connectivity index (χ4v) is 2.33. The lowest BCUT2D eigenvalue weighted by Gasteiger charge is -2.37. The number of rotatable bonds is 2. The molecule has 0 aromatic carbocycles. The molecule has 0 amide bonds. The van der Waals surface area contributed by atoms with Crippen LogP contribution >= 0.6 is 0 Å². The number of hydrogen-bond donors (Lipinski definition) is 0. The summed E-state index contributed by atoms with van der Waals surface area (Å²) >= 11 is 0. The topological polar surface area (TPSA) is 34.0 Å². The van der Waals surface area contributed by atoms with Gasteiger partial charge in [-0.1, -0.05) is 6.92 Å². The van der Waals surface area contributed by atoms with Crippen molar-refractivity contribution in [1.29, 1.82) is 0 Å². The largest absolute Gasteiger partial charge is 0.317 e. The Kier molecular flexibility index (Phi) is 2.82. The zero-order valence-corrected chi connectivity index (χ0v) is 8.93. The molecule has 0 radical (unpaired) electrons. The Morgan fingerprint density at radius 3 is 2.64 bits per heavy atom. The van der Waals surface area contributed by atoms with Gasteiger partial charge in [0.2, 0.25) is 0 Å². The van der Waals surface area contributed by atoms with E-state index >= 15 is 0 Å². The molecule has 78 valence electrons. The maximum absolute atomic E-state index is 3.86. The summed E-state index contributed by atoms with van der Waals surface area (Å²) in [5.41, 5.74) is 0. The van der Waals surface area contributed by atoms with Crippen molar-refractivity contribution in [3.8, 4) is 0 Å². The molecule has 14 heavy (non-hydrogen) atoms. The molecule has 4 nitrogen and oxygen atoms in total. The maximum Gasteiger partial charge on any atom is 0.119 e. The van der Waals surface area contributed by atoms with Crippen molar-refractivity contribution < 1.29 is 0 Å². The number of likely N-dealkylation sites (tertiary alicyclic amines) is 1. The van der Waals surface area contributed by atoms with E-state index in [9.17, 15) is 0 Å². The molecule has 1 aliphatic rings. The number of aromatic nitrogens is 3. The van der Waals surface area contributed by atoms with E-state index < -0.39 is 0 Å². The van der Waals surface area contributed by atoms with Crippen LogP contribution in [0.2, 0.25) is 0 Å². The maximum atomic E-state index is 3.86. The number of piperidine rings is 1. The van der Waals surface area contributed by atoms with Crippen LogP contribution in [0.1, 0.15) is 32.7 Å². The van der Waals surface area contributed by atoms with Gasteiger partial charge in [-0.25, -0.2) is 0 Å². The Balaban J connectivity index is 1.99. The molecule has 1 aliphatic heterocycles. The molecule has 0 N–H and O–H groups in total. The van der Waals surface area contributed by atoms with Gasteiger partial charge in [-0.2, -0.15) is 0 Å². The van der Waals surface area contributed by atoms with Gasteiger partial charge in [0.1, 0.15) is 12.7 Å². The highest BCUT2D eigenvalue weighted by molar-refractivity contribution is 4.83. The summed E-state index contributed by atoms with van der Waals surface area (Å²) < 4.78 is 2.14. The van der Waals surface area contributed by atoms with Crippen LogP contribution in [0.4, 0.5) is 0 Å². The van der Waals surface area contributed by atoms with Gasteiger partial charge >= 0.3 is 0 Å². The normalized spacial score (nSPS) is 29.3. The molecule has 1 fully saturated rings. The molecule has 0 aliphatic carbocycles. The van der Waals surface area contributed by atoms with Crippen LogP contribution in [0, 0.1) is 0 Å². The predicted molar refractivity (Wildman–Crippen MR) is 55.0 cm³/mol. The van der Waals surface area contributed by atoms with Crippen LogP contribution in [0.15, 0.2) is 12.7 Å². The zero-order valence-electron chi connectivity index (χ0n) is 8.93. The summed E-state index contributed by atoms with van der Waals surface area (Å²) in [6.45, 7) is 6.90. The van der Waals surface area contributed by atoms with E-state index in [1.54, 1.807) is 0 Å². The molecule has 2 heterocycles. The van der Waals surface area contributed by atoms with Gasteiger partial charge in [0.15, 0.2) is 0 Å². The summed E-state index contributed by atoms with van der Waals surface area (Å²) in [4.78, 5) is 2.53. The van der Waals surface area contributed by atoms with Crippen molar-refractivity contribution in [3.63, 3.8) is 0 Å². The van der Waals surface area contributed by atoms with Crippen LogP contribution in [0.3, 0.4) is 0 Å². The highest BCUT2D eigenvalue weighted by Gasteiger charge is 2.24. The van der Waals surface area contributed by atoms with Gasteiger partial charge in [0.25, 0.3) is 0 Å². The second kappa shape index (κ2) is 4.09. The lowest BCUT2D eigenvalue weighted by molar-refractivity contribution is 0.132. The smallest absolute Gasteiger partial charge is 0.119 e. The predicted octanol–water partition coefficient (Wildman–Crippen LogP) is 1.32. The second-order valence-electron chi connectivity index (χ2n) is 4.06. The summed E-state index contributed by atoms with van der Waals surface area (Å²) in [7, 11) is 0. The van der Waals surface area contributed by atoms with Crippen LogP contribution < -0.4 is 0 Å². The SMILES string of the molecule is CCN1CCC(n2cnnc2)CC1C. The Morgan fingerprint density at radius 2 is 2.07 bits per heavy atom. The molecule has 1 aromatic heterocycles. The molecule has 1 saturated heterocycles. The van der Waals surface area contributed by atoms with E-state index in [1.807, 2.05) is 12.7 Å². The summed E-state index contributed by atoms with van der Waals surface area (Å²) in [6, 6.07) is 1.28. The Bertz CT molecular complexity index is 270. The molecule has 2 unspecified atom stereocenters. The Labute approximate surface area is 84.9 Å². The number of hydrogen-bond acceptors (Lipinski definition) is 3. The van der Waals surface area contributed by atoms with Crippen molar-refractivity contribution >= 4 is 0 Å². The van der Waals surface area contributed by atoms with Crippen LogP contribution in [-0.2, 0) is 0 Å². The first-order valence-corrected chi connectivity index (χ1v) is 5.39. The molecule has 1 aromatic rings. The number of nitrogens with zero attached hydrogens (tertiary/aromatic N) is 4. The van der Waals surface area contributed by atoms with Gasteiger partial charge in [-0.3, -0.25) is 0 Å². The average molecular weight is 194 g/mol. The third kappa shape index (κ3) is 1.80. The van der Waals surface area contributed by atoms with Gasteiger partial charge < -0.3 is 9.47 Å². The first-order chi connectivity index (χ1) is 6.81. The first-order valence-electron chi connectivity index (χ1n) is 5.39. The molecule has 2 atom stereocenters. The third-order valence-corrected chi connectivity index (χ3v) is 3.25. The fourth-order valence-electron chi connectivity index (χ4n) is 2.33. The van der Waals surface area contributed by atoms with Gasteiger partial charge in [0, 0.05) is 18.6 Å². The molecule has 4 heteroatoms. The summed E-state index contributed by atoms with van der Waals surface area (Å²) in [5, 5.41) is 7.72. The van der Waals surface area contributed by atoms with Crippen LogP contribution in [0.25, 0.3) is 0 Å². The van der Waals surface area contributed by atoms with Gasteiger partial charge in [0.05, 0.1) is 0 Å². The lowest BCUT2D eigenvalue weighted by Crippen LogP contribution is -2.40. The van der Waals surface area contributed by atoms with E-state index in [4.69, 9.17) is 0 Å². The molecule has 0 bridgehead atoms. The molecule has 0 spiro atoms. The van der Waals surface area contributed by atoms with Crippen molar-refractivity contribution in [3.05, 3.63) is 12.7 Å². The van der Waals surface area contributed by atoms with E-state index in [0.29, 0.717) is 12.1 Å². The molecule has 2 rings (SSSR count). The zero-order chi connectivity index (χ0) is 9.97. The molecular formula is C10H18N4. The summed E-state index contributed by atoms with van der Waals surface area (Å²) in [5.74, 6) is 0. The van der Waals surface area contributed by atoms with Crippen molar-refractivity contribution in [2.24, 2.45) is 0 Å². The Hall–Kier alpha value is -0.900. The van der Waals surface area contributed by atoms with Crippen molar-refractivity contribution in [2.75, 3.05) is 13.1 Å². The first kappa shape index (κ1) is 9.65. The van der Waals surface area contributed by atoms with Gasteiger partial charge in [-0.15, -0.1) is 10.2 Å². The van der Waals surface area contributed by atoms with Crippen molar-refractivity contribution in [2.45, 2.75) is 38.8 Å². The van der Waals surface area contributed by atoms with E-state index in [2.05, 4.69) is 33.5 Å². The van der Waals surface area contributed by atoms with Gasteiger partial charge in [-0.05, 0) is 26.3 Å². The minimum atomic E-state index is 0.600. The van der Waals surface area contributed by atoms with Crippen LogP contribution in [0.5, 0.6) is 0 Å². The fraction of sp³-hybridized carbons (Fsp3) is 0.800. The second-order valence-corrected chi connectivity index (χ2v) is 4.06. The Morgan fingerprint density at radius 1 is 1.36 bits per heavy atom. The van der Waals surface area contributed by atoms with E-state index in [-0.39, 0.29) is 0 Å². The lowest BCUT2D eigenvalue weighted by atomic mass is 9.98. The highest BCUT2D eigenvalue weighted by Crippen LogP contribution is 2.25. The standard InChI is InChI=1S/C10H18N4/c1-3-13-5-4-10(6-9(13)2)14-7-11-12-8-14/h7-10H,3-6H2,1-2H3. The van der Waals surface area contributed by atoms with Crippen LogP contribution in [-0.4, -0.2) is 38.8 Å². The summed E-state index contributed by atoms with van der Waals surface area (Å²) in [6.07, 6.45) is 6.10. The van der Waals surface area contributed by atoms with E-state index in [1.165, 1.54) is 19.4 Å². The minimum Gasteiger partial charge on any atom is -0.317 e. The van der Waals surface area contributed by atoms with E-state index in [0.717, 1.165) is 6.54 Å². The highest BCUT2D eigenvalue weighted by atomic mass is 15.3. The quantitative estimate of drug-likeness (QED) is 0.712.